The van der Waals surface area contributed by atoms with Gasteiger partial charge in [-0.15, -0.1) is 12.4 Å². The van der Waals surface area contributed by atoms with Crippen molar-refractivity contribution in [3.05, 3.63) is 35.4 Å². The molecule has 118 valence electrons. The lowest BCUT2D eigenvalue weighted by atomic mass is 9.81. The number of nitrogens with two attached hydrogens (primary N) is 1. The first-order chi connectivity index (χ1) is 9.44. The van der Waals surface area contributed by atoms with Crippen LogP contribution in [0.15, 0.2) is 24.3 Å². The molecule has 1 aromatic carbocycles. The molecular formula is C17H27ClN2O. The van der Waals surface area contributed by atoms with E-state index in [-0.39, 0.29) is 29.6 Å². The summed E-state index contributed by atoms with van der Waals surface area (Å²) in [6.45, 7) is 5.50. The molecule has 21 heavy (non-hydrogen) atoms. The number of hydrogen-bond donors (Lipinski definition) is 1. The molecule has 1 aromatic rings. The highest BCUT2D eigenvalue weighted by molar-refractivity contribution is 5.85. The fourth-order valence-corrected chi connectivity index (χ4v) is 3.06. The average molecular weight is 311 g/mol. The normalized spacial score (nSPS) is 17.6. The van der Waals surface area contributed by atoms with Gasteiger partial charge >= 0.3 is 0 Å². The lowest BCUT2D eigenvalue weighted by Gasteiger charge is -2.33. The van der Waals surface area contributed by atoms with E-state index >= 15 is 0 Å². The number of fused-ring (bicyclic) bond motifs is 1. The fourth-order valence-electron chi connectivity index (χ4n) is 3.06. The highest BCUT2D eigenvalue weighted by Gasteiger charge is 2.30. The van der Waals surface area contributed by atoms with E-state index in [1.807, 2.05) is 18.0 Å². The average Bonchev–Trinajstić information content (AvgIpc) is 2.45. The standard InChI is InChI=1S/C17H26N2O.ClH/c1-17(2,11-18)12-19(3)16(20)15-10-6-8-13-7-4-5-9-14(13)15;/h4-5,7,9,15H,6,8,10-12,18H2,1-3H3;1H. The maximum absolute atomic E-state index is 12.7. The van der Waals surface area contributed by atoms with Gasteiger partial charge < -0.3 is 10.6 Å². The second kappa shape index (κ2) is 7.28. The summed E-state index contributed by atoms with van der Waals surface area (Å²) in [6.07, 6.45) is 3.16. The van der Waals surface area contributed by atoms with Crippen molar-refractivity contribution in [2.45, 2.75) is 39.0 Å². The molecule has 0 spiro atoms. The van der Waals surface area contributed by atoms with E-state index in [0.29, 0.717) is 13.1 Å². The summed E-state index contributed by atoms with van der Waals surface area (Å²) < 4.78 is 0. The SMILES string of the molecule is CN(CC(C)(C)CN)C(=O)C1CCCc2ccccc21.Cl. The van der Waals surface area contributed by atoms with Gasteiger partial charge in [-0.2, -0.15) is 0 Å². The summed E-state index contributed by atoms with van der Waals surface area (Å²) in [7, 11) is 1.90. The number of halogens is 1. The smallest absolute Gasteiger partial charge is 0.229 e. The van der Waals surface area contributed by atoms with Gasteiger partial charge in [0.05, 0.1) is 5.92 Å². The molecule has 0 bridgehead atoms. The van der Waals surface area contributed by atoms with Gasteiger partial charge in [0.2, 0.25) is 5.91 Å². The number of carbonyl (C=O) groups excluding carboxylic acids is 1. The zero-order valence-electron chi connectivity index (χ0n) is 13.3. The van der Waals surface area contributed by atoms with Crippen LogP contribution in [0.1, 0.15) is 43.7 Å². The third kappa shape index (κ3) is 4.21. The molecule has 0 aliphatic heterocycles. The Balaban J connectivity index is 0.00000220. The highest BCUT2D eigenvalue weighted by atomic mass is 35.5. The van der Waals surface area contributed by atoms with E-state index in [2.05, 4.69) is 32.0 Å². The van der Waals surface area contributed by atoms with E-state index < -0.39 is 0 Å². The van der Waals surface area contributed by atoms with Gasteiger partial charge in [0.1, 0.15) is 0 Å². The summed E-state index contributed by atoms with van der Waals surface area (Å²) >= 11 is 0. The Bertz CT molecular complexity index is 487. The number of likely N-dealkylation sites (N-methyl/N-ethyl adjacent to an activating group) is 1. The molecule has 3 nitrogen and oxygen atoms in total. The third-order valence-corrected chi connectivity index (χ3v) is 4.26. The van der Waals surface area contributed by atoms with Gasteiger partial charge in [-0.1, -0.05) is 38.1 Å². The lowest BCUT2D eigenvalue weighted by Crippen LogP contribution is -2.42. The minimum atomic E-state index is -0.0292. The lowest BCUT2D eigenvalue weighted by molar-refractivity contribution is -0.133. The number of rotatable bonds is 4. The van der Waals surface area contributed by atoms with Gasteiger partial charge in [-0.05, 0) is 42.3 Å². The van der Waals surface area contributed by atoms with Gasteiger partial charge in [-0.3, -0.25) is 4.79 Å². The summed E-state index contributed by atoms with van der Waals surface area (Å²) in [5.41, 5.74) is 8.30. The first-order valence-corrected chi connectivity index (χ1v) is 7.47. The molecule has 1 atom stereocenters. The molecule has 1 aliphatic rings. The molecule has 1 amide bonds. The van der Waals surface area contributed by atoms with Crippen LogP contribution in [-0.2, 0) is 11.2 Å². The molecule has 1 aliphatic carbocycles. The Morgan fingerprint density at radius 2 is 2.05 bits per heavy atom. The molecule has 2 N–H and O–H groups in total. The van der Waals surface area contributed by atoms with E-state index in [1.165, 1.54) is 11.1 Å². The first-order valence-electron chi connectivity index (χ1n) is 7.47. The zero-order valence-corrected chi connectivity index (χ0v) is 14.1. The van der Waals surface area contributed by atoms with Crippen LogP contribution in [0.25, 0.3) is 0 Å². The van der Waals surface area contributed by atoms with E-state index in [1.54, 1.807) is 0 Å². The van der Waals surface area contributed by atoms with E-state index in [0.717, 1.165) is 19.3 Å². The molecule has 0 heterocycles. The molecule has 0 saturated heterocycles. The minimum Gasteiger partial charge on any atom is -0.345 e. The molecule has 0 saturated carbocycles. The topological polar surface area (TPSA) is 46.3 Å². The predicted octanol–water partition coefficient (Wildman–Crippen LogP) is 2.97. The number of hydrogen-bond acceptors (Lipinski definition) is 2. The van der Waals surface area contributed by atoms with Crippen LogP contribution in [0.2, 0.25) is 0 Å². The highest BCUT2D eigenvalue weighted by Crippen LogP contribution is 2.33. The van der Waals surface area contributed by atoms with Crippen LogP contribution >= 0.6 is 12.4 Å². The van der Waals surface area contributed by atoms with Crippen LogP contribution in [-0.4, -0.2) is 30.9 Å². The van der Waals surface area contributed by atoms with Crippen LogP contribution in [0.3, 0.4) is 0 Å². The summed E-state index contributed by atoms with van der Waals surface area (Å²) in [4.78, 5) is 14.6. The number of amides is 1. The quantitative estimate of drug-likeness (QED) is 0.929. The number of carbonyl (C=O) groups is 1. The Hall–Kier alpha value is -1.06. The van der Waals surface area contributed by atoms with Crippen molar-refractivity contribution in [2.24, 2.45) is 11.1 Å². The van der Waals surface area contributed by atoms with E-state index in [4.69, 9.17) is 5.73 Å². The van der Waals surface area contributed by atoms with Crippen molar-refractivity contribution in [3.63, 3.8) is 0 Å². The summed E-state index contributed by atoms with van der Waals surface area (Å²) in [5.74, 6) is 0.261. The molecule has 0 aromatic heterocycles. The fraction of sp³-hybridized carbons (Fsp3) is 0.588. The Labute approximate surface area is 134 Å². The van der Waals surface area contributed by atoms with Crippen LogP contribution in [0, 0.1) is 5.41 Å². The van der Waals surface area contributed by atoms with Gasteiger partial charge in [0.25, 0.3) is 0 Å². The maximum Gasteiger partial charge on any atom is 0.229 e. The molecule has 0 radical (unpaired) electrons. The molecule has 0 fully saturated rings. The molecule has 1 unspecified atom stereocenters. The van der Waals surface area contributed by atoms with Gasteiger partial charge in [0, 0.05) is 13.6 Å². The van der Waals surface area contributed by atoms with Gasteiger partial charge in [0.15, 0.2) is 0 Å². The zero-order chi connectivity index (χ0) is 14.8. The number of aryl methyl sites for hydroxylation is 1. The molecule has 2 rings (SSSR count). The Morgan fingerprint density at radius 1 is 1.38 bits per heavy atom. The van der Waals surface area contributed by atoms with Crippen molar-refractivity contribution in [3.8, 4) is 0 Å². The van der Waals surface area contributed by atoms with E-state index in [9.17, 15) is 4.79 Å². The second-order valence-electron chi connectivity index (χ2n) is 6.71. The summed E-state index contributed by atoms with van der Waals surface area (Å²) in [5, 5.41) is 0. The van der Waals surface area contributed by atoms with Crippen molar-refractivity contribution < 1.29 is 4.79 Å². The van der Waals surface area contributed by atoms with Crippen LogP contribution in [0.5, 0.6) is 0 Å². The van der Waals surface area contributed by atoms with Crippen molar-refractivity contribution in [1.29, 1.82) is 0 Å². The molecule has 4 heteroatoms. The first kappa shape index (κ1) is 18.0. The maximum atomic E-state index is 12.7. The largest absolute Gasteiger partial charge is 0.345 e. The van der Waals surface area contributed by atoms with Gasteiger partial charge in [-0.25, -0.2) is 0 Å². The Morgan fingerprint density at radius 3 is 2.71 bits per heavy atom. The van der Waals surface area contributed by atoms with Crippen molar-refractivity contribution in [1.82, 2.24) is 4.90 Å². The third-order valence-electron chi connectivity index (χ3n) is 4.26. The monoisotopic (exact) mass is 310 g/mol. The van der Waals surface area contributed by atoms with Crippen LogP contribution < -0.4 is 5.73 Å². The number of benzene rings is 1. The van der Waals surface area contributed by atoms with Crippen molar-refractivity contribution >= 4 is 18.3 Å². The number of nitrogens with zero attached hydrogens (tertiary/aromatic N) is 1. The minimum absolute atomic E-state index is 0. The second-order valence-corrected chi connectivity index (χ2v) is 6.71. The predicted molar refractivity (Wildman–Crippen MR) is 89.8 cm³/mol. The van der Waals surface area contributed by atoms with Crippen molar-refractivity contribution in [2.75, 3.05) is 20.1 Å². The molecular weight excluding hydrogens is 284 g/mol. The summed E-state index contributed by atoms with van der Waals surface area (Å²) in [6, 6.07) is 8.36. The van der Waals surface area contributed by atoms with Crippen LogP contribution in [0.4, 0.5) is 0 Å². The Kier molecular flexibility index (Phi) is 6.24.